The Morgan fingerprint density at radius 2 is 2.25 bits per heavy atom. The van der Waals surface area contributed by atoms with Crippen molar-refractivity contribution in [3.8, 4) is 5.13 Å². The number of anilines is 1. The molecule has 0 aliphatic carbocycles. The van der Waals surface area contributed by atoms with Crippen LogP contribution in [0.25, 0.3) is 16.2 Å². The highest BCUT2D eigenvalue weighted by Gasteiger charge is 2.37. The van der Waals surface area contributed by atoms with Crippen LogP contribution in [0.2, 0.25) is 0 Å². The summed E-state index contributed by atoms with van der Waals surface area (Å²) < 4.78 is 28.0. The Morgan fingerprint density at radius 1 is 1.50 bits per heavy atom. The van der Waals surface area contributed by atoms with Crippen molar-refractivity contribution in [3.05, 3.63) is 45.4 Å². The van der Waals surface area contributed by atoms with E-state index >= 15 is 0 Å². The van der Waals surface area contributed by atoms with Crippen LogP contribution in [0.3, 0.4) is 0 Å². The topological polar surface area (TPSA) is 111 Å². The summed E-state index contributed by atoms with van der Waals surface area (Å²) in [5.41, 5.74) is -1.16. The van der Waals surface area contributed by atoms with Gasteiger partial charge in [0.25, 0.3) is 0 Å². The molecule has 0 radical (unpaired) electrons. The van der Waals surface area contributed by atoms with Crippen molar-refractivity contribution < 1.29 is 18.8 Å². The van der Waals surface area contributed by atoms with Crippen molar-refractivity contribution in [2.24, 2.45) is 0 Å². The summed E-state index contributed by atoms with van der Waals surface area (Å²) in [5.74, 6) is -1.55. The zero-order chi connectivity index (χ0) is 20.0. The predicted molar refractivity (Wildman–Crippen MR) is 105 cm³/mol. The molecule has 3 aromatic heterocycles. The van der Waals surface area contributed by atoms with Gasteiger partial charge in [-0.25, -0.2) is 19.2 Å². The molecule has 1 aliphatic heterocycles. The average Bonchev–Trinajstić information content (AvgIpc) is 3.15. The summed E-state index contributed by atoms with van der Waals surface area (Å²) in [7, 11) is 0. The molecule has 1 saturated heterocycles. The number of hydrogen-bond acceptors (Lipinski definition) is 7. The molecule has 1 unspecified atom stereocenters. The van der Waals surface area contributed by atoms with Gasteiger partial charge in [0.1, 0.15) is 16.6 Å². The number of halogens is 1. The van der Waals surface area contributed by atoms with Gasteiger partial charge in [-0.3, -0.25) is 9.36 Å². The minimum absolute atomic E-state index is 0.0440. The monoisotopic (exact) mass is 422 g/mol. The second-order valence-corrected chi connectivity index (χ2v) is 9.10. The molecule has 8 nitrogen and oxygen atoms in total. The summed E-state index contributed by atoms with van der Waals surface area (Å²) in [6, 6.07) is 1.01. The van der Waals surface area contributed by atoms with Crippen LogP contribution in [-0.2, 0) is 11.2 Å². The lowest BCUT2D eigenvalue weighted by molar-refractivity contribution is 0.0695. The van der Waals surface area contributed by atoms with Crippen LogP contribution in [0.1, 0.15) is 17.3 Å². The third-order valence-corrected chi connectivity index (χ3v) is 6.95. The molecule has 4 heterocycles. The minimum atomic E-state index is -1.41. The summed E-state index contributed by atoms with van der Waals surface area (Å²) in [6.07, 6.45) is 2.69. The van der Waals surface area contributed by atoms with E-state index in [1.54, 1.807) is 10.3 Å². The third kappa shape index (κ3) is 3.05. The first-order valence-electron chi connectivity index (χ1n) is 8.42. The molecule has 0 amide bonds. The maximum Gasteiger partial charge on any atom is 0.341 e. The van der Waals surface area contributed by atoms with Crippen molar-refractivity contribution >= 4 is 45.3 Å². The summed E-state index contributed by atoms with van der Waals surface area (Å²) in [6.45, 7) is 2.65. The van der Waals surface area contributed by atoms with E-state index < -0.39 is 34.0 Å². The van der Waals surface area contributed by atoms with Crippen LogP contribution in [0, 0.1) is 5.82 Å². The minimum Gasteiger partial charge on any atom is -0.616 e. The number of carboxylic acids is 1. The van der Waals surface area contributed by atoms with Crippen LogP contribution in [-0.4, -0.2) is 54.3 Å². The van der Waals surface area contributed by atoms with Crippen LogP contribution in [0.15, 0.2) is 28.6 Å². The highest BCUT2D eigenvalue weighted by Crippen LogP contribution is 2.29. The van der Waals surface area contributed by atoms with E-state index in [2.05, 4.69) is 9.97 Å². The van der Waals surface area contributed by atoms with Gasteiger partial charge in [0.15, 0.2) is 22.4 Å². The van der Waals surface area contributed by atoms with Gasteiger partial charge in [-0.05, 0) is 24.2 Å². The number of aromatic carboxylic acids is 1. The number of thiazole rings is 1. The molecule has 3 aromatic rings. The van der Waals surface area contributed by atoms with Gasteiger partial charge in [-0.2, -0.15) is 0 Å². The van der Waals surface area contributed by atoms with Crippen molar-refractivity contribution in [2.45, 2.75) is 12.2 Å². The number of pyridine rings is 2. The maximum absolute atomic E-state index is 14.7. The highest BCUT2D eigenvalue weighted by molar-refractivity contribution is 7.92. The number of rotatable bonds is 5. The first-order valence-corrected chi connectivity index (χ1v) is 10.7. The number of carboxylic acid groups (broad SMARTS) is 1. The van der Waals surface area contributed by atoms with Crippen LogP contribution in [0.4, 0.5) is 10.2 Å². The van der Waals surface area contributed by atoms with Gasteiger partial charge in [0, 0.05) is 17.8 Å². The second kappa shape index (κ2) is 7.15. The molecule has 1 N–H and O–H groups in total. The molecule has 146 valence electrons. The highest BCUT2D eigenvalue weighted by atomic mass is 32.2. The normalized spacial score (nSPS) is 15.6. The largest absolute Gasteiger partial charge is 0.616 e. The van der Waals surface area contributed by atoms with E-state index in [0.717, 1.165) is 12.3 Å². The van der Waals surface area contributed by atoms with Crippen LogP contribution in [0.5, 0.6) is 0 Å². The number of fused-ring (bicyclic) bond motifs is 1. The molecule has 1 fully saturated rings. The van der Waals surface area contributed by atoms with Gasteiger partial charge >= 0.3 is 5.97 Å². The van der Waals surface area contributed by atoms with E-state index in [1.807, 2.05) is 6.92 Å². The maximum atomic E-state index is 14.7. The van der Waals surface area contributed by atoms with Crippen molar-refractivity contribution in [1.82, 2.24) is 14.5 Å². The number of nitrogens with zero attached hydrogens (tertiary/aromatic N) is 4. The fourth-order valence-electron chi connectivity index (χ4n) is 3.08. The van der Waals surface area contributed by atoms with Crippen molar-refractivity contribution in [3.63, 3.8) is 0 Å². The molecule has 0 spiro atoms. The Morgan fingerprint density at radius 3 is 2.86 bits per heavy atom. The molecule has 0 aromatic carbocycles. The Kier molecular flexibility index (Phi) is 4.81. The number of aromatic nitrogens is 3. The van der Waals surface area contributed by atoms with Gasteiger partial charge < -0.3 is 14.6 Å². The lowest BCUT2D eigenvalue weighted by atomic mass is 10.1. The third-order valence-electron chi connectivity index (χ3n) is 4.57. The molecule has 0 bridgehead atoms. The Labute approximate surface area is 165 Å². The lowest BCUT2D eigenvalue weighted by Gasteiger charge is -2.39. The molecule has 4 rings (SSSR count). The standard InChI is InChI=1S/C17H15FN4O4S2/c1-2-28(26)9-6-21(7-9)15-12(18)5-10-13(23)11(16(24)25)8-22(14(10)20-15)17-19-3-4-27-17/h3-5,8-9H,2,6-7H2,1H3,(H,24,25). The van der Waals surface area contributed by atoms with E-state index in [4.69, 9.17) is 0 Å². The Bertz CT molecular complexity index is 1110. The van der Waals surface area contributed by atoms with Gasteiger partial charge in [-0.15, -0.1) is 11.3 Å². The first-order chi connectivity index (χ1) is 13.4. The quantitative estimate of drug-likeness (QED) is 0.622. The zero-order valence-corrected chi connectivity index (χ0v) is 16.3. The molecular weight excluding hydrogens is 407 g/mol. The van der Waals surface area contributed by atoms with Crippen LogP contribution >= 0.6 is 11.3 Å². The van der Waals surface area contributed by atoms with E-state index in [1.165, 1.54) is 22.1 Å². The molecule has 11 heteroatoms. The number of hydrogen-bond donors (Lipinski definition) is 1. The smallest absolute Gasteiger partial charge is 0.341 e. The van der Waals surface area contributed by atoms with Gasteiger partial charge in [0.2, 0.25) is 5.43 Å². The van der Waals surface area contributed by atoms with Gasteiger partial charge in [0.05, 0.1) is 18.5 Å². The van der Waals surface area contributed by atoms with E-state index in [0.29, 0.717) is 24.0 Å². The zero-order valence-electron chi connectivity index (χ0n) is 14.7. The van der Waals surface area contributed by atoms with Crippen molar-refractivity contribution in [2.75, 3.05) is 23.7 Å². The Balaban J connectivity index is 1.87. The molecule has 1 atom stereocenters. The van der Waals surface area contributed by atoms with Crippen molar-refractivity contribution in [1.29, 1.82) is 0 Å². The van der Waals surface area contributed by atoms with Crippen LogP contribution < -0.4 is 10.3 Å². The molecule has 28 heavy (non-hydrogen) atoms. The predicted octanol–water partition coefficient (Wildman–Crippen LogP) is 1.64. The second-order valence-electron chi connectivity index (χ2n) is 6.22. The fraction of sp³-hybridized carbons (Fsp3) is 0.294. The molecular formula is C17H15FN4O4S2. The number of carbonyl (C=O) groups is 1. The molecule has 1 aliphatic rings. The summed E-state index contributed by atoms with van der Waals surface area (Å²) in [5, 5.41) is 11.3. The first kappa shape index (κ1) is 18.8. The Hall–Kier alpha value is -2.50. The SMILES string of the molecule is CC[S+]([O-])C1CN(c2nc3c(cc2F)c(=O)c(C(=O)O)cn3-c2nccs2)C1. The lowest BCUT2D eigenvalue weighted by Crippen LogP contribution is -2.55. The average molecular weight is 422 g/mol. The van der Waals surface area contributed by atoms with E-state index in [-0.39, 0.29) is 22.1 Å². The van der Waals surface area contributed by atoms with Gasteiger partial charge in [-0.1, -0.05) is 0 Å². The summed E-state index contributed by atoms with van der Waals surface area (Å²) >= 11 is 0.257. The van der Waals surface area contributed by atoms with E-state index in [9.17, 15) is 23.6 Å². The fourth-order valence-corrected chi connectivity index (χ4v) is 4.86. The molecule has 0 saturated carbocycles. The summed E-state index contributed by atoms with van der Waals surface area (Å²) in [4.78, 5) is 34.1.